The molecular weight excluding hydrogens is 400 g/mol. The molecule has 0 fully saturated rings. The van der Waals surface area contributed by atoms with Crippen molar-refractivity contribution in [3.63, 3.8) is 0 Å². The molecule has 0 aliphatic rings. The summed E-state index contributed by atoms with van der Waals surface area (Å²) in [6.45, 7) is 5.92. The van der Waals surface area contributed by atoms with Crippen LogP contribution in [0.15, 0.2) is 53.6 Å². The number of aryl methyl sites for hydroxylation is 1. The second-order valence-corrected chi connectivity index (χ2v) is 8.23. The van der Waals surface area contributed by atoms with Gasteiger partial charge in [-0.15, -0.1) is 0 Å². The smallest absolute Gasteiger partial charge is 0.302 e. The van der Waals surface area contributed by atoms with Gasteiger partial charge in [-0.05, 0) is 45.0 Å². The molecule has 0 bridgehead atoms. The van der Waals surface area contributed by atoms with Gasteiger partial charge in [0.1, 0.15) is 22.3 Å². The van der Waals surface area contributed by atoms with E-state index in [0.717, 1.165) is 17.7 Å². The van der Waals surface area contributed by atoms with Gasteiger partial charge in [0.25, 0.3) is 0 Å². The van der Waals surface area contributed by atoms with Gasteiger partial charge in [0.05, 0.1) is 17.9 Å². The summed E-state index contributed by atoms with van der Waals surface area (Å²) in [5.74, 6) is -1.40. The number of hydrogen-bond donors (Lipinski definition) is 1. The minimum absolute atomic E-state index is 0.311. The highest BCUT2D eigenvalue weighted by Gasteiger charge is 2.25. The summed E-state index contributed by atoms with van der Waals surface area (Å²) in [5, 5.41) is 0. The second-order valence-electron chi connectivity index (χ2n) is 6.54. The number of hydrogen-bond acceptors (Lipinski definition) is 4. The summed E-state index contributed by atoms with van der Waals surface area (Å²) < 4.78 is 62.0. The van der Waals surface area contributed by atoms with E-state index in [0.29, 0.717) is 30.1 Å². The van der Waals surface area contributed by atoms with Crippen LogP contribution in [-0.2, 0) is 16.6 Å². The lowest BCUT2D eigenvalue weighted by atomic mass is 10.2. The normalized spacial score (nSPS) is 12.7. The SMILES string of the molecule is CCn1c(C(C)NS(=O)(=O)c2ccc(F)cc2F)cnc1Oc1ccc(C)cc1. The van der Waals surface area contributed by atoms with E-state index in [9.17, 15) is 17.2 Å². The van der Waals surface area contributed by atoms with Crippen molar-refractivity contribution in [2.75, 3.05) is 0 Å². The fraction of sp³-hybridized carbons (Fsp3) is 0.250. The van der Waals surface area contributed by atoms with Gasteiger partial charge in [0.2, 0.25) is 10.0 Å². The van der Waals surface area contributed by atoms with Crippen molar-refractivity contribution >= 4 is 10.0 Å². The Bertz CT molecular complexity index is 1110. The lowest BCUT2D eigenvalue weighted by Crippen LogP contribution is -2.29. The fourth-order valence-corrected chi connectivity index (χ4v) is 4.15. The van der Waals surface area contributed by atoms with E-state index in [-0.39, 0.29) is 0 Å². The maximum absolute atomic E-state index is 13.9. The summed E-state index contributed by atoms with van der Waals surface area (Å²) in [4.78, 5) is 3.62. The zero-order valence-electron chi connectivity index (χ0n) is 16.2. The van der Waals surface area contributed by atoms with Gasteiger partial charge in [-0.3, -0.25) is 4.57 Å². The Morgan fingerprint density at radius 1 is 1.17 bits per heavy atom. The molecule has 0 radical (unpaired) electrons. The lowest BCUT2D eigenvalue weighted by Gasteiger charge is -2.17. The Morgan fingerprint density at radius 3 is 2.48 bits per heavy atom. The van der Waals surface area contributed by atoms with Gasteiger partial charge >= 0.3 is 6.01 Å². The molecule has 1 N–H and O–H groups in total. The van der Waals surface area contributed by atoms with Crippen LogP contribution >= 0.6 is 0 Å². The van der Waals surface area contributed by atoms with Crippen LogP contribution in [-0.4, -0.2) is 18.0 Å². The molecule has 3 rings (SSSR count). The highest BCUT2D eigenvalue weighted by Crippen LogP contribution is 2.26. The third-order valence-corrected chi connectivity index (χ3v) is 5.93. The topological polar surface area (TPSA) is 73.2 Å². The average molecular weight is 421 g/mol. The standard InChI is InChI=1S/C20H21F2N3O3S/c1-4-25-18(12-23-20(25)28-16-8-5-13(2)6-9-16)14(3)24-29(26,27)19-10-7-15(21)11-17(19)22/h5-12,14,24H,4H2,1-3H3. The number of ether oxygens (including phenoxy) is 1. The quantitative estimate of drug-likeness (QED) is 0.617. The largest absolute Gasteiger partial charge is 0.426 e. The first-order chi connectivity index (χ1) is 13.7. The summed E-state index contributed by atoms with van der Waals surface area (Å²) in [5.41, 5.74) is 1.63. The summed E-state index contributed by atoms with van der Waals surface area (Å²) in [6.07, 6.45) is 1.50. The number of rotatable bonds is 7. The van der Waals surface area contributed by atoms with Crippen LogP contribution in [0.25, 0.3) is 0 Å². The molecule has 9 heteroatoms. The highest BCUT2D eigenvalue weighted by molar-refractivity contribution is 7.89. The van der Waals surface area contributed by atoms with Gasteiger partial charge in [-0.2, -0.15) is 0 Å². The molecule has 0 saturated carbocycles. The molecule has 0 amide bonds. The molecule has 1 aromatic heterocycles. The zero-order chi connectivity index (χ0) is 21.2. The van der Waals surface area contributed by atoms with Crippen molar-refractivity contribution in [1.82, 2.24) is 14.3 Å². The first-order valence-corrected chi connectivity index (χ1v) is 10.5. The molecule has 0 aliphatic heterocycles. The molecule has 1 unspecified atom stereocenters. The highest BCUT2D eigenvalue weighted by atomic mass is 32.2. The van der Waals surface area contributed by atoms with Crippen molar-refractivity contribution in [2.45, 2.75) is 38.3 Å². The number of halogens is 2. The van der Waals surface area contributed by atoms with E-state index < -0.39 is 32.6 Å². The molecule has 0 saturated heterocycles. The number of sulfonamides is 1. The lowest BCUT2D eigenvalue weighted by molar-refractivity contribution is 0.408. The van der Waals surface area contributed by atoms with Gasteiger partial charge < -0.3 is 4.74 Å². The first kappa shape index (κ1) is 20.9. The summed E-state index contributed by atoms with van der Waals surface area (Å²) in [6, 6.07) is 9.34. The van der Waals surface area contributed by atoms with Gasteiger partial charge in [0.15, 0.2) is 0 Å². The van der Waals surface area contributed by atoms with Crippen molar-refractivity contribution in [3.05, 3.63) is 71.6 Å². The van der Waals surface area contributed by atoms with E-state index in [4.69, 9.17) is 4.74 Å². The number of benzene rings is 2. The van der Waals surface area contributed by atoms with E-state index in [2.05, 4.69) is 9.71 Å². The fourth-order valence-electron chi connectivity index (χ4n) is 2.88. The third-order valence-electron chi connectivity index (χ3n) is 4.36. The third kappa shape index (κ3) is 4.63. The maximum atomic E-state index is 13.9. The molecule has 154 valence electrons. The van der Waals surface area contributed by atoms with E-state index in [1.54, 1.807) is 11.5 Å². The zero-order valence-corrected chi connectivity index (χ0v) is 17.0. The average Bonchev–Trinajstić information content (AvgIpc) is 3.05. The van der Waals surface area contributed by atoms with Crippen molar-refractivity contribution in [3.8, 4) is 11.8 Å². The second kappa shape index (κ2) is 8.30. The Morgan fingerprint density at radius 2 is 1.86 bits per heavy atom. The molecule has 0 aliphatic carbocycles. The minimum Gasteiger partial charge on any atom is -0.426 e. The molecule has 0 spiro atoms. The number of imidazole rings is 1. The molecule has 1 heterocycles. The van der Waals surface area contributed by atoms with E-state index in [1.165, 1.54) is 6.20 Å². The van der Waals surface area contributed by atoms with Crippen LogP contribution in [0.2, 0.25) is 0 Å². The number of nitrogens with zero attached hydrogens (tertiary/aromatic N) is 2. The maximum Gasteiger partial charge on any atom is 0.302 e. The Labute approximate surface area is 168 Å². The van der Waals surface area contributed by atoms with E-state index >= 15 is 0 Å². The molecule has 2 aromatic carbocycles. The van der Waals surface area contributed by atoms with Crippen LogP contribution < -0.4 is 9.46 Å². The summed E-state index contributed by atoms with van der Waals surface area (Å²) in [7, 11) is -4.21. The molecule has 3 aromatic rings. The molecule has 6 nitrogen and oxygen atoms in total. The van der Waals surface area contributed by atoms with Crippen LogP contribution in [0.5, 0.6) is 11.8 Å². The number of aromatic nitrogens is 2. The predicted molar refractivity (Wildman–Crippen MR) is 104 cm³/mol. The Hall–Kier alpha value is -2.78. The summed E-state index contributed by atoms with van der Waals surface area (Å²) >= 11 is 0. The molecule has 29 heavy (non-hydrogen) atoms. The number of nitrogens with one attached hydrogen (secondary N) is 1. The van der Waals surface area contributed by atoms with Crippen molar-refractivity contribution in [1.29, 1.82) is 0 Å². The van der Waals surface area contributed by atoms with Gasteiger partial charge in [-0.1, -0.05) is 17.7 Å². The van der Waals surface area contributed by atoms with Crippen LogP contribution in [0.3, 0.4) is 0 Å². The van der Waals surface area contributed by atoms with Crippen LogP contribution in [0.1, 0.15) is 31.1 Å². The van der Waals surface area contributed by atoms with Crippen LogP contribution in [0.4, 0.5) is 8.78 Å². The van der Waals surface area contributed by atoms with Crippen molar-refractivity contribution in [2.24, 2.45) is 0 Å². The molecule has 1 atom stereocenters. The monoisotopic (exact) mass is 421 g/mol. The van der Waals surface area contributed by atoms with Crippen molar-refractivity contribution < 1.29 is 21.9 Å². The Balaban J connectivity index is 1.84. The predicted octanol–water partition coefficient (Wildman–Crippen LogP) is 4.32. The van der Waals surface area contributed by atoms with E-state index in [1.807, 2.05) is 38.1 Å². The first-order valence-electron chi connectivity index (χ1n) is 8.98. The van der Waals surface area contributed by atoms with Gasteiger partial charge in [-0.25, -0.2) is 26.9 Å². The minimum atomic E-state index is -4.21. The van der Waals surface area contributed by atoms with Gasteiger partial charge in [0, 0.05) is 12.6 Å². The Kier molecular flexibility index (Phi) is 5.99. The molecular formula is C20H21F2N3O3S. The van der Waals surface area contributed by atoms with Crippen LogP contribution in [0, 0.1) is 18.6 Å².